The van der Waals surface area contributed by atoms with Crippen molar-refractivity contribution in [1.29, 1.82) is 0 Å². The smallest absolute Gasteiger partial charge is 0.138 e. The SMILES string of the molecule is CCOc1ccc(-c2csc3ncnc(NCCCN)c23)cc1. The molecule has 0 spiro atoms. The van der Waals surface area contributed by atoms with Crippen LogP contribution in [-0.2, 0) is 0 Å². The standard InChI is InChI=1S/C17H20N4OS/c1-2-22-13-6-4-12(5-7-13)14-10-23-17-15(14)16(20-11-21-17)19-9-3-8-18/h4-7,10-11H,2-3,8-9,18H2,1H3,(H,19,20,21). The van der Waals surface area contributed by atoms with E-state index in [2.05, 4.69) is 32.8 Å². The zero-order chi connectivity index (χ0) is 16.1. The molecule has 120 valence electrons. The number of hydrogen-bond donors (Lipinski definition) is 2. The van der Waals surface area contributed by atoms with Crippen molar-refractivity contribution in [2.45, 2.75) is 13.3 Å². The Kier molecular flexibility index (Phi) is 5.05. The summed E-state index contributed by atoms with van der Waals surface area (Å²) in [5, 5.41) is 6.56. The van der Waals surface area contributed by atoms with Gasteiger partial charge in [0.2, 0.25) is 0 Å². The molecule has 0 unspecified atom stereocenters. The first kappa shape index (κ1) is 15.7. The number of ether oxygens (including phenoxy) is 1. The van der Waals surface area contributed by atoms with Gasteiger partial charge in [-0.1, -0.05) is 12.1 Å². The van der Waals surface area contributed by atoms with E-state index in [0.717, 1.165) is 45.9 Å². The normalized spacial score (nSPS) is 10.9. The average Bonchev–Trinajstić information content (AvgIpc) is 3.01. The molecule has 1 aromatic carbocycles. The Morgan fingerprint density at radius 2 is 2.04 bits per heavy atom. The van der Waals surface area contributed by atoms with Gasteiger partial charge in [0.1, 0.15) is 22.7 Å². The van der Waals surface area contributed by atoms with Gasteiger partial charge in [-0.05, 0) is 37.6 Å². The van der Waals surface area contributed by atoms with Crippen molar-refractivity contribution in [1.82, 2.24) is 9.97 Å². The molecule has 0 atom stereocenters. The van der Waals surface area contributed by atoms with Crippen molar-refractivity contribution in [3.8, 4) is 16.9 Å². The summed E-state index contributed by atoms with van der Waals surface area (Å²) in [5.74, 6) is 1.75. The van der Waals surface area contributed by atoms with E-state index in [-0.39, 0.29) is 0 Å². The fraction of sp³-hybridized carbons (Fsp3) is 0.294. The van der Waals surface area contributed by atoms with Crippen molar-refractivity contribution in [2.75, 3.05) is 25.0 Å². The second-order valence-electron chi connectivity index (χ2n) is 5.08. The summed E-state index contributed by atoms with van der Waals surface area (Å²) < 4.78 is 5.51. The molecule has 0 amide bonds. The summed E-state index contributed by atoms with van der Waals surface area (Å²) in [6.45, 7) is 4.12. The minimum absolute atomic E-state index is 0.663. The van der Waals surface area contributed by atoms with Crippen LogP contribution in [0.25, 0.3) is 21.3 Å². The third-order valence-corrected chi connectivity index (χ3v) is 4.41. The molecular formula is C17H20N4OS. The van der Waals surface area contributed by atoms with Gasteiger partial charge < -0.3 is 15.8 Å². The Bertz CT molecular complexity index is 770. The first-order valence-corrected chi connectivity index (χ1v) is 8.60. The monoisotopic (exact) mass is 328 g/mol. The largest absolute Gasteiger partial charge is 0.494 e. The van der Waals surface area contributed by atoms with Crippen molar-refractivity contribution in [2.24, 2.45) is 5.73 Å². The van der Waals surface area contributed by atoms with Crippen LogP contribution in [0, 0.1) is 0 Å². The number of fused-ring (bicyclic) bond motifs is 1. The highest BCUT2D eigenvalue weighted by Gasteiger charge is 2.12. The summed E-state index contributed by atoms with van der Waals surface area (Å²) >= 11 is 1.63. The van der Waals surface area contributed by atoms with Crippen LogP contribution in [0.5, 0.6) is 5.75 Å². The molecule has 2 aromatic heterocycles. The molecule has 0 bridgehead atoms. The molecule has 0 saturated carbocycles. The molecule has 0 saturated heterocycles. The van der Waals surface area contributed by atoms with Crippen molar-refractivity contribution < 1.29 is 4.74 Å². The minimum Gasteiger partial charge on any atom is -0.494 e. The topological polar surface area (TPSA) is 73.1 Å². The van der Waals surface area contributed by atoms with Gasteiger partial charge in [0.25, 0.3) is 0 Å². The van der Waals surface area contributed by atoms with Crippen molar-refractivity contribution >= 4 is 27.4 Å². The van der Waals surface area contributed by atoms with E-state index in [9.17, 15) is 0 Å². The van der Waals surface area contributed by atoms with Crippen LogP contribution < -0.4 is 15.8 Å². The van der Waals surface area contributed by atoms with Gasteiger partial charge in [0.05, 0.1) is 12.0 Å². The molecule has 3 N–H and O–H groups in total. The Labute approximate surface area is 139 Å². The molecule has 2 heterocycles. The number of nitrogens with one attached hydrogen (secondary N) is 1. The van der Waals surface area contributed by atoms with Crippen LogP contribution in [0.15, 0.2) is 36.0 Å². The molecule has 0 aliphatic heterocycles. The van der Waals surface area contributed by atoms with Gasteiger partial charge in [0.15, 0.2) is 0 Å². The van der Waals surface area contributed by atoms with E-state index < -0.39 is 0 Å². The number of nitrogens with two attached hydrogens (primary N) is 1. The van der Waals surface area contributed by atoms with E-state index in [0.29, 0.717) is 13.2 Å². The molecule has 0 radical (unpaired) electrons. The third-order valence-electron chi connectivity index (χ3n) is 3.52. The van der Waals surface area contributed by atoms with E-state index in [4.69, 9.17) is 10.5 Å². The molecule has 23 heavy (non-hydrogen) atoms. The fourth-order valence-corrected chi connectivity index (χ4v) is 3.34. The Balaban J connectivity index is 1.96. The van der Waals surface area contributed by atoms with Crippen molar-refractivity contribution in [3.05, 3.63) is 36.0 Å². The highest BCUT2D eigenvalue weighted by molar-refractivity contribution is 7.17. The molecule has 3 aromatic rings. The van der Waals surface area contributed by atoms with Gasteiger partial charge in [0, 0.05) is 17.5 Å². The number of hydrogen-bond acceptors (Lipinski definition) is 6. The van der Waals surface area contributed by atoms with Crippen LogP contribution in [-0.4, -0.2) is 29.7 Å². The van der Waals surface area contributed by atoms with Gasteiger partial charge in [-0.15, -0.1) is 11.3 Å². The number of nitrogens with zero attached hydrogens (tertiary/aromatic N) is 2. The van der Waals surface area contributed by atoms with Gasteiger partial charge in [-0.3, -0.25) is 0 Å². The van der Waals surface area contributed by atoms with Gasteiger partial charge >= 0.3 is 0 Å². The Hall–Kier alpha value is -2.18. The second-order valence-corrected chi connectivity index (χ2v) is 5.94. The van der Waals surface area contributed by atoms with Crippen LogP contribution in [0.3, 0.4) is 0 Å². The molecule has 0 aliphatic carbocycles. The van der Waals surface area contributed by atoms with Crippen LogP contribution in [0.2, 0.25) is 0 Å². The lowest BCUT2D eigenvalue weighted by molar-refractivity contribution is 0.340. The number of benzene rings is 1. The molecule has 5 nitrogen and oxygen atoms in total. The molecule has 0 fully saturated rings. The van der Waals surface area contributed by atoms with E-state index in [1.165, 1.54) is 0 Å². The Morgan fingerprint density at radius 3 is 2.78 bits per heavy atom. The molecule has 6 heteroatoms. The number of anilines is 1. The van der Waals surface area contributed by atoms with Crippen molar-refractivity contribution in [3.63, 3.8) is 0 Å². The number of rotatable bonds is 7. The first-order valence-electron chi connectivity index (χ1n) is 7.73. The van der Waals surface area contributed by atoms with E-state index >= 15 is 0 Å². The summed E-state index contributed by atoms with van der Waals surface area (Å²) in [7, 11) is 0. The summed E-state index contributed by atoms with van der Waals surface area (Å²) in [4.78, 5) is 9.77. The zero-order valence-electron chi connectivity index (χ0n) is 13.1. The number of aromatic nitrogens is 2. The van der Waals surface area contributed by atoms with E-state index in [1.54, 1.807) is 17.7 Å². The summed E-state index contributed by atoms with van der Waals surface area (Å²) in [5.41, 5.74) is 7.84. The van der Waals surface area contributed by atoms with Gasteiger partial charge in [-0.25, -0.2) is 9.97 Å². The van der Waals surface area contributed by atoms with Crippen LogP contribution in [0.1, 0.15) is 13.3 Å². The maximum atomic E-state index is 5.56. The quantitative estimate of drug-likeness (QED) is 0.649. The van der Waals surface area contributed by atoms with Crippen LogP contribution in [0.4, 0.5) is 5.82 Å². The van der Waals surface area contributed by atoms with Crippen LogP contribution >= 0.6 is 11.3 Å². The lowest BCUT2D eigenvalue weighted by atomic mass is 10.1. The highest BCUT2D eigenvalue weighted by Crippen LogP contribution is 2.36. The summed E-state index contributed by atoms with van der Waals surface area (Å²) in [6, 6.07) is 8.13. The predicted octanol–water partition coefficient (Wildman–Crippen LogP) is 3.52. The minimum atomic E-state index is 0.663. The molecule has 3 rings (SSSR count). The lowest BCUT2D eigenvalue weighted by Gasteiger charge is -2.08. The first-order chi connectivity index (χ1) is 11.3. The zero-order valence-corrected chi connectivity index (χ0v) is 13.9. The summed E-state index contributed by atoms with van der Waals surface area (Å²) in [6.07, 6.45) is 2.51. The molecule has 0 aliphatic rings. The Morgan fingerprint density at radius 1 is 1.22 bits per heavy atom. The third kappa shape index (κ3) is 3.43. The predicted molar refractivity (Wildman–Crippen MR) is 96.2 cm³/mol. The second kappa shape index (κ2) is 7.39. The molecular weight excluding hydrogens is 308 g/mol. The van der Waals surface area contributed by atoms with Gasteiger partial charge in [-0.2, -0.15) is 0 Å². The number of thiophene rings is 1. The lowest BCUT2D eigenvalue weighted by Crippen LogP contribution is -2.09. The fourth-order valence-electron chi connectivity index (χ4n) is 2.43. The maximum Gasteiger partial charge on any atom is 0.138 e. The average molecular weight is 328 g/mol. The maximum absolute atomic E-state index is 5.56. The highest BCUT2D eigenvalue weighted by atomic mass is 32.1. The van der Waals surface area contributed by atoms with E-state index in [1.807, 2.05) is 19.1 Å².